The lowest BCUT2D eigenvalue weighted by molar-refractivity contribution is 0.0957. The maximum Gasteiger partial charge on any atom is -0.00258 e. The van der Waals surface area contributed by atoms with Gasteiger partial charge in [-0.1, -0.05) is 559 Å². The van der Waals surface area contributed by atoms with Crippen molar-refractivity contribution in [1.82, 2.24) is 0 Å². The molecule has 4 aromatic rings. The van der Waals surface area contributed by atoms with Gasteiger partial charge < -0.3 is 0 Å². The average Bonchev–Trinajstić information content (AvgIpc) is 0.868. The van der Waals surface area contributed by atoms with Gasteiger partial charge in [-0.3, -0.25) is 0 Å². The second-order valence-electron chi connectivity index (χ2n) is 23.9. The van der Waals surface area contributed by atoms with Gasteiger partial charge in [0.15, 0.2) is 0 Å². The number of benzene rings is 4. The Labute approximate surface area is 627 Å². The van der Waals surface area contributed by atoms with Crippen LogP contribution in [-0.2, 0) is 6.42 Å². The first-order chi connectivity index (χ1) is 43.8. The summed E-state index contributed by atoms with van der Waals surface area (Å²) < 4.78 is 0. The van der Waals surface area contributed by atoms with Crippen LogP contribution in [0.4, 0.5) is 0 Å². The lowest BCUT2D eigenvalue weighted by Crippen LogP contribution is -2.30. The second kappa shape index (κ2) is 129. The zero-order chi connectivity index (χ0) is 71.1. The molecule has 4 aromatic carbocycles. The number of aryl methyl sites for hydroxylation is 1. The monoisotopic (exact) mass is 1370 g/mol. The first-order valence-electron chi connectivity index (χ1n) is 39.9. The van der Waals surface area contributed by atoms with Crippen LogP contribution in [0.15, 0.2) is 127 Å². The summed E-state index contributed by atoms with van der Waals surface area (Å²) in [5, 5.41) is 0. The van der Waals surface area contributed by atoms with E-state index in [9.17, 15) is 0 Å². The van der Waals surface area contributed by atoms with Crippen molar-refractivity contribution >= 4 is 0 Å². The van der Waals surface area contributed by atoms with Crippen molar-refractivity contribution in [1.29, 1.82) is 0 Å². The molecule has 592 valence electrons. The van der Waals surface area contributed by atoms with Crippen LogP contribution in [0.2, 0.25) is 0 Å². The minimum absolute atomic E-state index is 0. The fourth-order valence-electron chi connectivity index (χ4n) is 10.2. The molecule has 0 aliphatic heterocycles. The van der Waals surface area contributed by atoms with Crippen LogP contribution in [0.1, 0.15) is 468 Å². The molecule has 0 nitrogen and oxygen atoms in total. The van der Waals surface area contributed by atoms with Crippen LogP contribution in [0.5, 0.6) is 0 Å². The minimum atomic E-state index is 0. The Morgan fingerprint density at radius 2 is 0.526 bits per heavy atom. The summed E-state index contributed by atoms with van der Waals surface area (Å²) in [6.07, 6.45) is 47.6. The molecule has 1 unspecified atom stereocenters. The highest BCUT2D eigenvalue weighted by Crippen LogP contribution is 2.47. The van der Waals surface area contributed by atoms with Crippen LogP contribution in [-0.4, -0.2) is 0 Å². The smallest absolute Gasteiger partial charge is 0.00258 e. The van der Waals surface area contributed by atoms with E-state index >= 15 is 0 Å². The fourth-order valence-corrected chi connectivity index (χ4v) is 10.2. The number of hydrogen-bond donors (Lipinski definition) is 0. The maximum absolute atomic E-state index is 2.45. The Balaban J connectivity index is -0.0000000484. The zero-order valence-corrected chi connectivity index (χ0v) is 68.1. The van der Waals surface area contributed by atoms with Gasteiger partial charge in [0, 0.05) is 0 Å². The van der Waals surface area contributed by atoms with Crippen molar-refractivity contribution in [3.63, 3.8) is 0 Å². The average molecular weight is 1370 g/mol. The molecular weight excluding hydrogens is 1170 g/mol. The number of rotatable bonds is 10. The Bertz CT molecular complexity index is 1470. The van der Waals surface area contributed by atoms with Crippen molar-refractivity contribution in [3.8, 4) is 0 Å². The van der Waals surface area contributed by atoms with E-state index in [2.05, 4.69) is 177 Å². The molecule has 0 heteroatoms. The van der Waals surface area contributed by atoms with E-state index in [1.165, 1.54) is 190 Å². The second-order valence-corrected chi connectivity index (χ2v) is 23.9. The molecule has 4 aliphatic rings. The molecule has 0 heterocycles. The standard InChI is InChI=1S/C13H24.C13H12.C11H22.C8H18.C7H8.C6H12.C6H6.4C3H8.7C2H6.7CH4/c2*1-3-7-12(8-4-1)11-13-9-5-2-6-10-13;1-5-11(4)8-6-7-10(2,3)9-11;1-3-5-7-8-6-4-2;1-7-5-3-2-4-6-7;2*1-2-4-6-5-3-1;4*1-3-2;7*1-2;;;;;;;/h12-13H,1-11H2;1-10H,11H2;5-9H2,1-4H3;3-8H2,1-2H3;2-6H,1H3;1-6H2;1-6H;4*3H2,1-2H3;7*1-2H3;7*1H4. The van der Waals surface area contributed by atoms with Crippen LogP contribution in [0.25, 0.3) is 0 Å². The van der Waals surface area contributed by atoms with E-state index in [0.717, 1.165) is 18.3 Å². The van der Waals surface area contributed by atoms with Gasteiger partial charge in [-0.15, -0.1) is 0 Å². The van der Waals surface area contributed by atoms with E-state index in [4.69, 9.17) is 0 Å². The molecule has 4 fully saturated rings. The molecule has 0 amide bonds. The summed E-state index contributed by atoms with van der Waals surface area (Å²) in [6.45, 7) is 61.2. The summed E-state index contributed by atoms with van der Waals surface area (Å²) in [4.78, 5) is 0. The number of unbranched alkanes of at least 4 members (excludes halogenated alkanes) is 5. The third kappa shape index (κ3) is 123. The summed E-state index contributed by atoms with van der Waals surface area (Å²) in [6, 6.07) is 43.3. The van der Waals surface area contributed by atoms with Crippen molar-refractivity contribution < 1.29 is 0 Å². The van der Waals surface area contributed by atoms with Gasteiger partial charge in [0.1, 0.15) is 0 Å². The molecule has 0 bridgehead atoms. The zero-order valence-electron chi connectivity index (χ0n) is 68.1. The number of hydrogen-bond acceptors (Lipinski definition) is 0. The lowest BCUT2D eigenvalue weighted by atomic mass is 9.63. The topological polar surface area (TPSA) is 0 Å². The van der Waals surface area contributed by atoms with Crippen LogP contribution >= 0.6 is 0 Å². The van der Waals surface area contributed by atoms with E-state index in [1.807, 2.05) is 152 Å². The molecule has 0 N–H and O–H groups in total. The molecule has 0 saturated heterocycles. The Hall–Kier alpha value is -3.12. The highest BCUT2D eigenvalue weighted by molar-refractivity contribution is 5.25. The van der Waals surface area contributed by atoms with Gasteiger partial charge in [0.25, 0.3) is 0 Å². The minimum Gasteiger partial charge on any atom is -0.0776 e. The van der Waals surface area contributed by atoms with Gasteiger partial charge in [-0.25, -0.2) is 0 Å². The Kier molecular flexibility index (Phi) is 183. The van der Waals surface area contributed by atoms with Crippen LogP contribution in [0, 0.1) is 29.6 Å². The first-order valence-corrected chi connectivity index (χ1v) is 39.9. The quantitative estimate of drug-likeness (QED) is 0.139. The largest absolute Gasteiger partial charge is 0.0776 e. The third-order valence-electron chi connectivity index (χ3n) is 14.2. The SMILES string of the molecule is C.C.C.C.C.C.C.C1CCC(CC2CCCCC2)CC1.C1CCCCC1.CC.CC.CC.CC.CC.CC.CC.CCC.CCC.CCC.CCC.CCC1(C)CCCC(C)(C)C1.CCCCCCCC.Cc1ccccc1.c1ccc(Cc2ccccc2)cc1.c1ccccc1. The lowest BCUT2D eigenvalue weighted by Gasteiger charge is -2.42. The summed E-state index contributed by atoms with van der Waals surface area (Å²) in [5.74, 6) is 2.24. The van der Waals surface area contributed by atoms with Crippen LogP contribution in [0.3, 0.4) is 0 Å². The molecular formula is C97H204. The molecule has 4 aliphatic carbocycles. The molecule has 0 spiro atoms. The van der Waals surface area contributed by atoms with E-state index in [1.54, 1.807) is 32.1 Å². The van der Waals surface area contributed by atoms with Gasteiger partial charge in [0.05, 0.1) is 0 Å². The predicted molar refractivity (Wildman–Crippen MR) is 479 cm³/mol. The molecule has 97 heavy (non-hydrogen) atoms. The Morgan fingerprint density at radius 3 is 0.722 bits per heavy atom. The van der Waals surface area contributed by atoms with E-state index in [-0.39, 0.29) is 52.0 Å². The van der Waals surface area contributed by atoms with Gasteiger partial charge >= 0.3 is 0 Å². The highest BCUT2D eigenvalue weighted by atomic mass is 14.4. The molecule has 8 rings (SSSR count). The Morgan fingerprint density at radius 1 is 0.299 bits per heavy atom. The summed E-state index contributed by atoms with van der Waals surface area (Å²) in [5.41, 5.74) is 5.33. The molecule has 0 aromatic heterocycles. The third-order valence-corrected chi connectivity index (χ3v) is 14.2. The fraction of sp³-hybridized carbons (Fsp3) is 0.753. The summed E-state index contributed by atoms with van der Waals surface area (Å²) >= 11 is 0. The van der Waals surface area contributed by atoms with Gasteiger partial charge in [-0.2, -0.15) is 0 Å². The maximum atomic E-state index is 2.45. The van der Waals surface area contributed by atoms with Gasteiger partial charge in [-0.05, 0) is 72.8 Å². The highest BCUT2D eigenvalue weighted by Gasteiger charge is 2.34. The van der Waals surface area contributed by atoms with Crippen molar-refractivity contribution in [3.05, 3.63) is 144 Å². The van der Waals surface area contributed by atoms with Gasteiger partial charge in [0.2, 0.25) is 0 Å². The molecule has 0 radical (unpaired) electrons. The van der Waals surface area contributed by atoms with Crippen molar-refractivity contribution in [2.45, 2.75) is 465 Å². The van der Waals surface area contributed by atoms with Crippen molar-refractivity contribution in [2.24, 2.45) is 22.7 Å². The van der Waals surface area contributed by atoms with Crippen LogP contribution < -0.4 is 0 Å². The molecule has 1 atom stereocenters. The first kappa shape index (κ1) is 137. The van der Waals surface area contributed by atoms with E-state index < -0.39 is 0 Å². The van der Waals surface area contributed by atoms with Crippen molar-refractivity contribution in [2.75, 3.05) is 0 Å². The normalized spacial score (nSPS) is 13.8. The molecule has 4 saturated carbocycles. The predicted octanol–water partition coefficient (Wildman–Crippen LogP) is 38.5. The summed E-state index contributed by atoms with van der Waals surface area (Å²) in [7, 11) is 0. The van der Waals surface area contributed by atoms with E-state index in [0.29, 0.717) is 10.8 Å².